The minimum atomic E-state index is -0.314. The summed E-state index contributed by atoms with van der Waals surface area (Å²) >= 11 is 5.98. The van der Waals surface area contributed by atoms with Crippen molar-refractivity contribution in [3.63, 3.8) is 0 Å². The Morgan fingerprint density at radius 2 is 1.64 bits per heavy atom. The van der Waals surface area contributed by atoms with Crippen LogP contribution in [0.2, 0.25) is 5.02 Å². The zero-order valence-electron chi connectivity index (χ0n) is 17.7. The molecule has 6 nitrogen and oxygen atoms in total. The van der Waals surface area contributed by atoms with Crippen molar-refractivity contribution in [2.75, 3.05) is 19.7 Å². The molecule has 0 bridgehead atoms. The molecular formula is C26H21ClN2O4. The van der Waals surface area contributed by atoms with Crippen LogP contribution in [0.4, 0.5) is 0 Å². The number of rotatable bonds is 4. The van der Waals surface area contributed by atoms with Crippen LogP contribution in [-0.4, -0.2) is 47.2 Å². The molecule has 0 N–H and O–H groups in total. The number of carbonyl (C=O) groups is 3. The van der Waals surface area contributed by atoms with Crippen LogP contribution < -0.4 is 0 Å². The van der Waals surface area contributed by atoms with E-state index in [1.165, 1.54) is 4.90 Å². The predicted molar refractivity (Wildman–Crippen MR) is 123 cm³/mol. The second-order valence-corrected chi connectivity index (χ2v) is 8.54. The highest BCUT2D eigenvalue weighted by molar-refractivity contribution is 6.30. The highest BCUT2D eigenvalue weighted by atomic mass is 35.5. The maximum Gasteiger partial charge on any atom is 0.261 e. The Balaban J connectivity index is 1.31. The van der Waals surface area contributed by atoms with Crippen molar-refractivity contribution in [3.8, 4) is 0 Å². The predicted octanol–water partition coefficient (Wildman–Crippen LogP) is 4.35. The summed E-state index contributed by atoms with van der Waals surface area (Å²) in [6, 6.07) is 21.3. The molecular weight excluding hydrogens is 440 g/mol. The lowest BCUT2D eigenvalue weighted by Gasteiger charge is -2.33. The first kappa shape index (κ1) is 21.4. The van der Waals surface area contributed by atoms with Crippen molar-refractivity contribution in [1.29, 1.82) is 0 Å². The number of hydrogen-bond donors (Lipinski definition) is 0. The van der Waals surface area contributed by atoms with Crippen LogP contribution in [0.5, 0.6) is 0 Å². The van der Waals surface area contributed by atoms with Crippen molar-refractivity contribution in [3.05, 3.63) is 106 Å². The fourth-order valence-corrected chi connectivity index (χ4v) is 4.39. The van der Waals surface area contributed by atoms with Crippen LogP contribution in [0.1, 0.15) is 48.3 Å². The van der Waals surface area contributed by atoms with Crippen LogP contribution in [0.15, 0.2) is 72.8 Å². The molecule has 2 aliphatic rings. The number of carbonyl (C=O) groups excluding carboxylic acids is 3. The molecule has 0 radical (unpaired) electrons. The second-order valence-electron chi connectivity index (χ2n) is 8.10. The minimum Gasteiger partial charge on any atom is -0.370 e. The van der Waals surface area contributed by atoms with Crippen molar-refractivity contribution in [2.24, 2.45) is 0 Å². The maximum absolute atomic E-state index is 13.2. The van der Waals surface area contributed by atoms with E-state index in [0.717, 1.165) is 11.1 Å². The monoisotopic (exact) mass is 460 g/mol. The molecule has 3 amide bonds. The van der Waals surface area contributed by atoms with Gasteiger partial charge in [0.05, 0.1) is 30.8 Å². The van der Waals surface area contributed by atoms with E-state index in [1.54, 1.807) is 47.4 Å². The van der Waals surface area contributed by atoms with Crippen molar-refractivity contribution in [1.82, 2.24) is 9.80 Å². The minimum absolute atomic E-state index is 0.110. The van der Waals surface area contributed by atoms with Crippen LogP contribution in [0, 0.1) is 0 Å². The lowest BCUT2D eigenvalue weighted by Crippen LogP contribution is -2.42. The zero-order chi connectivity index (χ0) is 22.9. The molecule has 1 fully saturated rings. The third-order valence-electron chi connectivity index (χ3n) is 5.99. The van der Waals surface area contributed by atoms with Gasteiger partial charge >= 0.3 is 0 Å². The van der Waals surface area contributed by atoms with E-state index >= 15 is 0 Å². The number of hydrogen-bond acceptors (Lipinski definition) is 4. The van der Waals surface area contributed by atoms with E-state index in [4.69, 9.17) is 16.3 Å². The lowest BCUT2D eigenvalue weighted by atomic mass is 10.1. The Morgan fingerprint density at radius 3 is 2.33 bits per heavy atom. The van der Waals surface area contributed by atoms with Crippen molar-refractivity contribution in [2.45, 2.75) is 12.6 Å². The summed E-state index contributed by atoms with van der Waals surface area (Å²) in [6.45, 7) is 1.48. The van der Waals surface area contributed by atoms with Crippen LogP contribution in [-0.2, 0) is 11.3 Å². The molecule has 33 heavy (non-hydrogen) atoms. The highest BCUT2D eigenvalue weighted by Crippen LogP contribution is 2.26. The summed E-state index contributed by atoms with van der Waals surface area (Å²) in [5.41, 5.74) is 3.03. The third-order valence-corrected chi connectivity index (χ3v) is 6.24. The summed E-state index contributed by atoms with van der Waals surface area (Å²) < 4.78 is 5.87. The Hall–Kier alpha value is -3.48. The van der Waals surface area contributed by atoms with E-state index in [0.29, 0.717) is 41.4 Å². The summed E-state index contributed by atoms with van der Waals surface area (Å²) in [5, 5.41) is 0.650. The van der Waals surface area contributed by atoms with Gasteiger partial charge in [-0.05, 0) is 47.5 Å². The number of imide groups is 1. The second kappa shape index (κ2) is 8.81. The van der Waals surface area contributed by atoms with Gasteiger partial charge in [0.25, 0.3) is 17.7 Å². The topological polar surface area (TPSA) is 66.9 Å². The fraction of sp³-hybridized carbons (Fsp3) is 0.192. The fourth-order valence-electron chi connectivity index (χ4n) is 4.26. The van der Waals surface area contributed by atoms with Crippen LogP contribution >= 0.6 is 11.6 Å². The number of fused-ring (bicyclic) bond motifs is 1. The third kappa shape index (κ3) is 4.15. The van der Waals surface area contributed by atoms with Gasteiger partial charge in [0.15, 0.2) is 0 Å². The molecule has 0 aliphatic carbocycles. The zero-order valence-corrected chi connectivity index (χ0v) is 18.5. The number of halogens is 1. The molecule has 0 spiro atoms. The first-order valence-corrected chi connectivity index (χ1v) is 11.1. The molecule has 5 rings (SSSR count). The number of ether oxygens (including phenoxy) is 1. The van der Waals surface area contributed by atoms with Gasteiger partial charge in [-0.1, -0.05) is 48.0 Å². The summed E-state index contributed by atoms with van der Waals surface area (Å²) in [7, 11) is 0. The number of amides is 3. The van der Waals surface area contributed by atoms with E-state index in [-0.39, 0.29) is 30.4 Å². The number of morpholine rings is 1. The Morgan fingerprint density at radius 1 is 0.939 bits per heavy atom. The molecule has 1 saturated heterocycles. The first-order valence-electron chi connectivity index (χ1n) is 10.7. The Bertz CT molecular complexity index is 1210. The molecule has 0 aromatic heterocycles. The molecule has 1 atom stereocenters. The number of benzene rings is 3. The summed E-state index contributed by atoms with van der Waals surface area (Å²) in [4.78, 5) is 41.6. The Labute approximate surface area is 196 Å². The van der Waals surface area contributed by atoms with Gasteiger partial charge in [-0.3, -0.25) is 19.3 Å². The molecule has 1 unspecified atom stereocenters. The molecule has 166 valence electrons. The molecule has 0 saturated carbocycles. The van der Waals surface area contributed by atoms with E-state index in [1.807, 2.05) is 30.3 Å². The van der Waals surface area contributed by atoms with Gasteiger partial charge in [0, 0.05) is 17.1 Å². The van der Waals surface area contributed by atoms with Crippen LogP contribution in [0.3, 0.4) is 0 Å². The molecule has 2 heterocycles. The molecule has 2 aliphatic heterocycles. The van der Waals surface area contributed by atoms with Gasteiger partial charge in [-0.15, -0.1) is 0 Å². The largest absolute Gasteiger partial charge is 0.370 e. The average Bonchev–Trinajstić information content (AvgIpc) is 3.09. The lowest BCUT2D eigenvalue weighted by molar-refractivity contribution is -0.0228. The van der Waals surface area contributed by atoms with Gasteiger partial charge in [0.2, 0.25) is 0 Å². The SMILES string of the molecule is O=C(c1cccc(CN2C(=O)c3ccccc3C2=O)c1)N1CCOC(c2ccc(Cl)cc2)C1. The van der Waals surface area contributed by atoms with Crippen LogP contribution in [0.25, 0.3) is 0 Å². The number of nitrogens with zero attached hydrogens (tertiary/aromatic N) is 2. The molecule has 3 aromatic rings. The normalized spacial score (nSPS) is 17.9. The van der Waals surface area contributed by atoms with E-state index < -0.39 is 0 Å². The quantitative estimate of drug-likeness (QED) is 0.543. The smallest absolute Gasteiger partial charge is 0.261 e. The van der Waals surface area contributed by atoms with Gasteiger partial charge in [-0.2, -0.15) is 0 Å². The average molecular weight is 461 g/mol. The van der Waals surface area contributed by atoms with Crippen molar-refractivity contribution < 1.29 is 19.1 Å². The highest BCUT2D eigenvalue weighted by Gasteiger charge is 2.35. The first-order chi connectivity index (χ1) is 16.0. The molecule has 7 heteroatoms. The maximum atomic E-state index is 13.2. The van der Waals surface area contributed by atoms with Gasteiger partial charge < -0.3 is 9.64 Å². The summed E-state index contributed by atoms with van der Waals surface area (Å²) in [5.74, 6) is -0.737. The van der Waals surface area contributed by atoms with E-state index in [9.17, 15) is 14.4 Å². The Kier molecular flexibility index (Phi) is 5.70. The van der Waals surface area contributed by atoms with Gasteiger partial charge in [0.1, 0.15) is 6.10 Å². The standard InChI is InChI=1S/C26H21ClN2O4/c27-20-10-8-18(9-11-20)23-16-28(12-13-33-23)24(30)19-5-3-4-17(14-19)15-29-25(31)21-6-1-2-7-22(21)26(29)32/h1-11,14,23H,12-13,15-16H2. The molecule has 3 aromatic carbocycles. The van der Waals surface area contributed by atoms with E-state index in [2.05, 4.69) is 0 Å². The van der Waals surface area contributed by atoms with Gasteiger partial charge in [-0.25, -0.2) is 0 Å². The van der Waals surface area contributed by atoms with Crippen molar-refractivity contribution >= 4 is 29.3 Å². The summed E-state index contributed by atoms with van der Waals surface area (Å²) in [6.07, 6.45) is -0.221.